The minimum Gasteiger partial charge on any atom is -0.381 e. The van der Waals surface area contributed by atoms with Crippen LogP contribution in [0, 0.1) is 11.3 Å². The van der Waals surface area contributed by atoms with E-state index in [1.807, 2.05) is 42.5 Å². The third-order valence-electron chi connectivity index (χ3n) is 4.78. The lowest BCUT2D eigenvalue weighted by molar-refractivity contribution is 0.0954. The van der Waals surface area contributed by atoms with Gasteiger partial charge in [0.25, 0.3) is 5.91 Å². The first kappa shape index (κ1) is 19.8. The van der Waals surface area contributed by atoms with Gasteiger partial charge in [0.05, 0.1) is 16.9 Å². The molecule has 0 saturated carbocycles. The van der Waals surface area contributed by atoms with Gasteiger partial charge in [-0.05, 0) is 37.1 Å². The summed E-state index contributed by atoms with van der Waals surface area (Å²) in [6.07, 6.45) is 6.25. The number of hydrogen-bond donors (Lipinski definition) is 3. The van der Waals surface area contributed by atoms with Crippen LogP contribution in [0.3, 0.4) is 0 Å². The molecule has 31 heavy (non-hydrogen) atoms. The second kappa shape index (κ2) is 8.92. The van der Waals surface area contributed by atoms with Crippen LogP contribution in [-0.4, -0.2) is 37.4 Å². The third-order valence-corrected chi connectivity index (χ3v) is 4.78. The minimum absolute atomic E-state index is 0.191. The lowest BCUT2D eigenvalue weighted by Crippen LogP contribution is -2.25. The number of nitrogens with zero attached hydrogens (tertiary/aromatic N) is 5. The van der Waals surface area contributed by atoms with Gasteiger partial charge in [0.2, 0.25) is 0 Å². The van der Waals surface area contributed by atoms with E-state index in [4.69, 9.17) is 11.0 Å². The topological polar surface area (TPSA) is 138 Å². The second-order valence-corrected chi connectivity index (χ2v) is 6.85. The van der Waals surface area contributed by atoms with Crippen LogP contribution in [0.1, 0.15) is 28.0 Å². The van der Waals surface area contributed by atoms with Crippen molar-refractivity contribution in [2.24, 2.45) is 0 Å². The normalized spacial score (nSPS) is 10.5. The fourth-order valence-electron chi connectivity index (χ4n) is 3.23. The van der Waals surface area contributed by atoms with Crippen molar-refractivity contribution in [3.63, 3.8) is 0 Å². The number of benzene rings is 1. The predicted octanol–water partition coefficient (Wildman–Crippen LogP) is 2.47. The van der Waals surface area contributed by atoms with Crippen LogP contribution < -0.4 is 11.1 Å². The highest BCUT2D eigenvalue weighted by Gasteiger charge is 2.19. The van der Waals surface area contributed by atoms with Crippen molar-refractivity contribution in [3.8, 4) is 23.0 Å². The number of carbonyl (C=O) groups is 1. The number of hydrogen-bond acceptors (Lipinski definition) is 6. The molecule has 3 aromatic heterocycles. The van der Waals surface area contributed by atoms with Gasteiger partial charge in [0, 0.05) is 30.7 Å². The maximum absolute atomic E-state index is 12.9. The molecule has 0 spiro atoms. The molecule has 0 aliphatic rings. The lowest BCUT2D eigenvalue weighted by Gasteiger charge is -2.05. The summed E-state index contributed by atoms with van der Waals surface area (Å²) in [6.45, 7) is 0.422. The third kappa shape index (κ3) is 4.28. The van der Waals surface area contributed by atoms with E-state index in [9.17, 15) is 4.79 Å². The van der Waals surface area contributed by atoms with E-state index >= 15 is 0 Å². The van der Waals surface area contributed by atoms with Gasteiger partial charge in [-0.2, -0.15) is 15.5 Å². The van der Waals surface area contributed by atoms with Gasteiger partial charge < -0.3 is 11.1 Å². The summed E-state index contributed by atoms with van der Waals surface area (Å²) >= 11 is 0. The number of rotatable bonds is 7. The molecule has 9 heteroatoms. The largest absolute Gasteiger partial charge is 0.381 e. The molecule has 0 fully saturated rings. The zero-order valence-corrected chi connectivity index (χ0v) is 16.6. The minimum atomic E-state index is -0.231. The van der Waals surface area contributed by atoms with Crippen molar-refractivity contribution in [2.75, 3.05) is 12.3 Å². The van der Waals surface area contributed by atoms with Gasteiger partial charge in [-0.3, -0.25) is 14.9 Å². The molecule has 4 N–H and O–H groups in total. The molecule has 3 heterocycles. The molecule has 1 aromatic carbocycles. The van der Waals surface area contributed by atoms with Gasteiger partial charge >= 0.3 is 0 Å². The Hall–Kier alpha value is -4.45. The fourth-order valence-corrected chi connectivity index (χ4v) is 3.23. The smallest absolute Gasteiger partial charge is 0.255 e. The predicted molar refractivity (Wildman–Crippen MR) is 115 cm³/mol. The highest BCUT2D eigenvalue weighted by Crippen LogP contribution is 2.23. The molecule has 0 aliphatic carbocycles. The zero-order chi connectivity index (χ0) is 21.6. The van der Waals surface area contributed by atoms with Gasteiger partial charge in [0.1, 0.15) is 17.3 Å². The van der Waals surface area contributed by atoms with Crippen LogP contribution in [0.25, 0.3) is 16.9 Å². The lowest BCUT2D eigenvalue weighted by atomic mass is 10.1. The Morgan fingerprint density at radius 3 is 2.81 bits per heavy atom. The molecular formula is C22H20N8O. The maximum atomic E-state index is 12.9. The van der Waals surface area contributed by atoms with Crippen molar-refractivity contribution in [1.82, 2.24) is 30.3 Å². The molecule has 1 amide bonds. The number of amides is 1. The van der Waals surface area contributed by atoms with Crippen LogP contribution in [-0.2, 0) is 6.42 Å². The number of nitrogens with two attached hydrogens (primary N) is 1. The van der Waals surface area contributed by atoms with E-state index in [1.165, 1.54) is 0 Å². The van der Waals surface area contributed by atoms with E-state index in [-0.39, 0.29) is 11.7 Å². The van der Waals surface area contributed by atoms with Gasteiger partial charge in [-0.25, -0.2) is 4.68 Å². The van der Waals surface area contributed by atoms with Gasteiger partial charge in [0.15, 0.2) is 5.82 Å². The van der Waals surface area contributed by atoms with Crippen molar-refractivity contribution in [2.45, 2.75) is 12.8 Å². The highest BCUT2D eigenvalue weighted by atomic mass is 16.1. The molecular weight excluding hydrogens is 392 g/mol. The summed E-state index contributed by atoms with van der Waals surface area (Å²) in [4.78, 5) is 17.1. The number of pyridine rings is 1. The standard InChI is InChI=1S/C22H20N8O/c23-12-17-19(27-28-21(17)24)9-5-11-26-22(31)18-14-30(16-7-2-1-3-8-16)29-20(18)15-6-4-10-25-13-15/h1-4,6-8,10,13-14H,5,9,11H2,(H,26,31)(H3,24,27,28). The summed E-state index contributed by atoms with van der Waals surface area (Å²) in [5.41, 5.74) is 9.31. The number of nitrogen functional groups attached to an aromatic ring is 1. The van der Waals surface area contributed by atoms with E-state index < -0.39 is 0 Å². The summed E-state index contributed by atoms with van der Waals surface area (Å²) in [5.74, 6) is -0.0401. The van der Waals surface area contributed by atoms with Crippen molar-refractivity contribution in [1.29, 1.82) is 5.26 Å². The Morgan fingerprint density at radius 1 is 1.23 bits per heavy atom. The number of carbonyl (C=O) groups excluding carboxylic acids is 1. The number of nitrogens with one attached hydrogen (secondary N) is 2. The first-order valence-electron chi connectivity index (χ1n) is 9.74. The van der Waals surface area contributed by atoms with Crippen LogP contribution in [0.15, 0.2) is 61.1 Å². The number of aryl methyl sites for hydroxylation is 1. The van der Waals surface area contributed by atoms with Crippen molar-refractivity contribution in [3.05, 3.63) is 77.9 Å². The zero-order valence-electron chi connectivity index (χ0n) is 16.6. The van der Waals surface area contributed by atoms with Crippen molar-refractivity contribution >= 4 is 11.7 Å². The molecule has 0 aliphatic heterocycles. The number of aromatic nitrogens is 5. The average molecular weight is 412 g/mol. The monoisotopic (exact) mass is 412 g/mol. The number of anilines is 1. The molecule has 0 unspecified atom stereocenters. The number of aromatic amines is 1. The highest BCUT2D eigenvalue weighted by molar-refractivity contribution is 5.99. The van der Waals surface area contributed by atoms with Crippen molar-refractivity contribution < 1.29 is 4.79 Å². The SMILES string of the molecule is N#Cc1c(N)n[nH]c1CCCNC(=O)c1cn(-c2ccccc2)nc1-c1cccnc1. The Kier molecular flexibility index (Phi) is 5.71. The van der Waals surface area contributed by atoms with E-state index in [1.54, 1.807) is 29.3 Å². The summed E-state index contributed by atoms with van der Waals surface area (Å²) in [6, 6.07) is 15.3. The molecule has 4 aromatic rings. The average Bonchev–Trinajstić information content (AvgIpc) is 3.41. The maximum Gasteiger partial charge on any atom is 0.255 e. The summed E-state index contributed by atoms with van der Waals surface area (Å²) in [7, 11) is 0. The first-order valence-corrected chi connectivity index (χ1v) is 9.74. The van der Waals surface area contributed by atoms with Crippen LogP contribution in [0.2, 0.25) is 0 Å². The number of nitriles is 1. The Labute approximate surface area is 178 Å². The van der Waals surface area contributed by atoms with Crippen LogP contribution >= 0.6 is 0 Å². The van der Waals surface area contributed by atoms with Crippen LogP contribution in [0.4, 0.5) is 5.82 Å². The summed E-state index contributed by atoms with van der Waals surface area (Å²) < 4.78 is 1.68. The Balaban J connectivity index is 1.50. The Morgan fingerprint density at radius 2 is 2.06 bits per heavy atom. The first-order chi connectivity index (χ1) is 15.2. The van der Waals surface area contributed by atoms with E-state index in [0.29, 0.717) is 41.9 Å². The Bertz CT molecular complexity index is 1220. The fraction of sp³-hybridized carbons (Fsp3) is 0.136. The van der Waals surface area contributed by atoms with Gasteiger partial charge in [-0.15, -0.1) is 0 Å². The molecule has 0 radical (unpaired) electrons. The molecule has 0 bridgehead atoms. The molecule has 154 valence electrons. The molecule has 9 nitrogen and oxygen atoms in total. The summed E-state index contributed by atoms with van der Waals surface area (Å²) in [5, 5.41) is 23.3. The number of para-hydroxylation sites is 1. The number of H-pyrrole nitrogens is 1. The molecule has 0 saturated heterocycles. The quantitative estimate of drug-likeness (QED) is 0.399. The van der Waals surface area contributed by atoms with Gasteiger partial charge in [-0.1, -0.05) is 18.2 Å². The van der Waals surface area contributed by atoms with Crippen LogP contribution in [0.5, 0.6) is 0 Å². The molecule has 0 atom stereocenters. The second-order valence-electron chi connectivity index (χ2n) is 6.85. The van der Waals surface area contributed by atoms with E-state index in [0.717, 1.165) is 11.3 Å². The van der Waals surface area contributed by atoms with E-state index in [2.05, 4.69) is 25.6 Å². The molecule has 4 rings (SSSR count).